The molecule has 2 fully saturated rings. The van der Waals surface area contributed by atoms with Crippen LogP contribution in [-0.4, -0.2) is 54.1 Å². The highest BCUT2D eigenvalue weighted by Gasteiger charge is 2.35. The van der Waals surface area contributed by atoms with Crippen molar-refractivity contribution >= 4 is 0 Å². The van der Waals surface area contributed by atoms with Crippen LogP contribution in [0.3, 0.4) is 0 Å². The second-order valence-electron chi connectivity index (χ2n) is 5.98. The molecule has 0 amide bonds. The third-order valence-electron chi connectivity index (χ3n) is 5.08. The Balaban J connectivity index is 1.97. The van der Waals surface area contributed by atoms with Crippen LogP contribution in [0, 0.1) is 5.92 Å². The number of nitrogens with zero attached hydrogens (tertiary/aromatic N) is 2. The van der Waals surface area contributed by atoms with Crippen LogP contribution < -0.4 is 5.73 Å². The summed E-state index contributed by atoms with van der Waals surface area (Å²) in [6.45, 7) is 11.9. The minimum absolute atomic E-state index is 0.409. The molecule has 4 unspecified atom stereocenters. The van der Waals surface area contributed by atoms with Crippen LogP contribution in [0.4, 0.5) is 0 Å². The van der Waals surface area contributed by atoms with Crippen molar-refractivity contribution in [3.63, 3.8) is 0 Å². The minimum Gasteiger partial charge on any atom is -0.327 e. The predicted molar refractivity (Wildman–Crippen MR) is 73.1 cm³/mol. The van der Waals surface area contributed by atoms with Gasteiger partial charge in [-0.15, -0.1) is 0 Å². The first kappa shape index (κ1) is 13.3. The number of likely N-dealkylation sites (N-methyl/N-ethyl adjacent to an activating group) is 1. The average molecular weight is 239 g/mol. The predicted octanol–water partition coefficient (Wildman–Crippen LogP) is 1.53. The van der Waals surface area contributed by atoms with E-state index >= 15 is 0 Å². The van der Waals surface area contributed by atoms with Gasteiger partial charge in [0.15, 0.2) is 0 Å². The summed E-state index contributed by atoms with van der Waals surface area (Å²) in [6.07, 6.45) is 3.92. The van der Waals surface area contributed by atoms with Crippen LogP contribution in [0.25, 0.3) is 0 Å². The van der Waals surface area contributed by atoms with Gasteiger partial charge in [-0.25, -0.2) is 0 Å². The summed E-state index contributed by atoms with van der Waals surface area (Å²) in [4.78, 5) is 5.33. The summed E-state index contributed by atoms with van der Waals surface area (Å²) in [5.74, 6) is 0.640. The summed E-state index contributed by atoms with van der Waals surface area (Å²) in [5, 5.41) is 0. The molecule has 4 atom stereocenters. The molecule has 2 saturated heterocycles. The molecular formula is C14H29N3. The summed E-state index contributed by atoms with van der Waals surface area (Å²) >= 11 is 0. The smallest absolute Gasteiger partial charge is 0.0226 e. The zero-order valence-electron chi connectivity index (χ0n) is 11.7. The Morgan fingerprint density at radius 3 is 2.65 bits per heavy atom. The van der Waals surface area contributed by atoms with Crippen LogP contribution in [0.15, 0.2) is 0 Å². The SMILES string of the molecule is CCN1CCCC(N2CCC(N)C(C)C2C)C1. The van der Waals surface area contributed by atoms with E-state index in [1.807, 2.05) is 0 Å². The number of hydrogen-bond donors (Lipinski definition) is 1. The molecule has 100 valence electrons. The Labute approximate surface area is 106 Å². The van der Waals surface area contributed by atoms with Crippen LogP contribution in [0.5, 0.6) is 0 Å². The Morgan fingerprint density at radius 2 is 1.94 bits per heavy atom. The monoisotopic (exact) mass is 239 g/mol. The third-order valence-corrected chi connectivity index (χ3v) is 5.08. The number of piperidine rings is 2. The Morgan fingerprint density at radius 1 is 1.18 bits per heavy atom. The van der Waals surface area contributed by atoms with Gasteiger partial charge < -0.3 is 10.6 Å². The highest BCUT2D eigenvalue weighted by molar-refractivity contribution is 4.92. The molecule has 2 aliphatic heterocycles. The molecule has 3 nitrogen and oxygen atoms in total. The van der Waals surface area contributed by atoms with Gasteiger partial charge in [0.1, 0.15) is 0 Å². The highest BCUT2D eigenvalue weighted by Crippen LogP contribution is 2.27. The molecule has 0 aromatic carbocycles. The average Bonchev–Trinajstić information content (AvgIpc) is 2.36. The van der Waals surface area contributed by atoms with E-state index in [0.717, 1.165) is 6.04 Å². The molecule has 0 bridgehead atoms. The summed E-state index contributed by atoms with van der Waals surface area (Å²) < 4.78 is 0. The second-order valence-corrected chi connectivity index (χ2v) is 5.98. The van der Waals surface area contributed by atoms with Crippen LogP contribution in [-0.2, 0) is 0 Å². The van der Waals surface area contributed by atoms with Gasteiger partial charge in [-0.05, 0) is 45.2 Å². The van der Waals surface area contributed by atoms with Crippen molar-refractivity contribution in [1.29, 1.82) is 0 Å². The lowest BCUT2D eigenvalue weighted by atomic mass is 9.85. The molecule has 2 rings (SSSR count). The lowest BCUT2D eigenvalue weighted by Gasteiger charge is -2.48. The maximum absolute atomic E-state index is 6.18. The molecule has 2 aliphatic rings. The largest absolute Gasteiger partial charge is 0.327 e. The molecule has 0 radical (unpaired) electrons. The van der Waals surface area contributed by atoms with Crippen molar-refractivity contribution in [3.05, 3.63) is 0 Å². The molecule has 2 heterocycles. The molecule has 0 spiro atoms. The fourth-order valence-electron chi connectivity index (χ4n) is 3.53. The Kier molecular flexibility index (Phi) is 4.45. The number of nitrogens with two attached hydrogens (primary N) is 1. The van der Waals surface area contributed by atoms with Crippen molar-refractivity contribution in [2.24, 2.45) is 11.7 Å². The topological polar surface area (TPSA) is 32.5 Å². The van der Waals surface area contributed by atoms with Gasteiger partial charge in [0.25, 0.3) is 0 Å². The van der Waals surface area contributed by atoms with E-state index in [9.17, 15) is 0 Å². The summed E-state index contributed by atoms with van der Waals surface area (Å²) in [6, 6.07) is 1.83. The molecular weight excluding hydrogens is 210 g/mol. The summed E-state index contributed by atoms with van der Waals surface area (Å²) in [7, 11) is 0. The van der Waals surface area contributed by atoms with Gasteiger partial charge in [-0.3, -0.25) is 4.90 Å². The zero-order valence-corrected chi connectivity index (χ0v) is 11.7. The lowest BCUT2D eigenvalue weighted by molar-refractivity contribution is 0.0203. The first-order chi connectivity index (χ1) is 8.13. The fraction of sp³-hybridized carbons (Fsp3) is 1.00. The van der Waals surface area contributed by atoms with E-state index in [2.05, 4.69) is 30.6 Å². The van der Waals surface area contributed by atoms with Crippen molar-refractivity contribution in [1.82, 2.24) is 9.80 Å². The first-order valence-electron chi connectivity index (χ1n) is 7.37. The molecule has 3 heteroatoms. The number of rotatable bonds is 2. The Hall–Kier alpha value is -0.120. The first-order valence-corrected chi connectivity index (χ1v) is 7.37. The lowest BCUT2D eigenvalue weighted by Crippen LogP contribution is -2.58. The third kappa shape index (κ3) is 2.83. The number of likely N-dealkylation sites (tertiary alicyclic amines) is 2. The van der Waals surface area contributed by atoms with Gasteiger partial charge in [-0.2, -0.15) is 0 Å². The van der Waals surface area contributed by atoms with E-state index in [1.54, 1.807) is 0 Å². The van der Waals surface area contributed by atoms with E-state index in [1.165, 1.54) is 45.4 Å². The van der Waals surface area contributed by atoms with Gasteiger partial charge >= 0.3 is 0 Å². The molecule has 17 heavy (non-hydrogen) atoms. The van der Waals surface area contributed by atoms with Crippen molar-refractivity contribution < 1.29 is 0 Å². The second kappa shape index (κ2) is 5.68. The standard InChI is InChI=1S/C14H29N3/c1-4-16-8-5-6-13(10-16)17-9-7-14(15)11(2)12(17)3/h11-14H,4-10,15H2,1-3H3. The van der Waals surface area contributed by atoms with Gasteiger partial charge in [0, 0.05) is 31.2 Å². The Bertz CT molecular complexity index is 244. The van der Waals surface area contributed by atoms with Crippen LogP contribution in [0.1, 0.15) is 40.0 Å². The molecule has 2 N–H and O–H groups in total. The van der Waals surface area contributed by atoms with Crippen molar-refractivity contribution in [2.75, 3.05) is 26.2 Å². The fourth-order valence-corrected chi connectivity index (χ4v) is 3.53. The molecule has 0 saturated carbocycles. The highest BCUT2D eigenvalue weighted by atomic mass is 15.3. The molecule has 0 aromatic rings. The van der Waals surface area contributed by atoms with Crippen LogP contribution in [0.2, 0.25) is 0 Å². The van der Waals surface area contributed by atoms with Gasteiger partial charge in [0.05, 0.1) is 0 Å². The van der Waals surface area contributed by atoms with E-state index in [4.69, 9.17) is 5.73 Å². The maximum Gasteiger partial charge on any atom is 0.0226 e. The van der Waals surface area contributed by atoms with E-state index < -0.39 is 0 Å². The zero-order chi connectivity index (χ0) is 12.4. The molecule has 0 aliphatic carbocycles. The normalized spacial score (nSPS) is 41.6. The van der Waals surface area contributed by atoms with E-state index in [0.29, 0.717) is 18.0 Å². The van der Waals surface area contributed by atoms with Crippen molar-refractivity contribution in [2.45, 2.75) is 58.2 Å². The minimum atomic E-state index is 0.409. The van der Waals surface area contributed by atoms with E-state index in [-0.39, 0.29) is 0 Å². The van der Waals surface area contributed by atoms with Gasteiger partial charge in [-0.1, -0.05) is 13.8 Å². The quantitative estimate of drug-likeness (QED) is 0.793. The maximum atomic E-state index is 6.18. The van der Waals surface area contributed by atoms with Crippen molar-refractivity contribution in [3.8, 4) is 0 Å². The summed E-state index contributed by atoms with van der Waals surface area (Å²) in [5.41, 5.74) is 6.18. The van der Waals surface area contributed by atoms with Gasteiger partial charge in [0.2, 0.25) is 0 Å². The van der Waals surface area contributed by atoms with Crippen LogP contribution >= 0.6 is 0 Å². The molecule has 0 aromatic heterocycles. The number of hydrogen-bond acceptors (Lipinski definition) is 3.